The first kappa shape index (κ1) is 15.3. The summed E-state index contributed by atoms with van der Waals surface area (Å²) in [5.41, 5.74) is -0.513. The second-order valence-corrected chi connectivity index (χ2v) is 4.08. The minimum atomic E-state index is -1.11. The number of ether oxygens (including phenoxy) is 1. The van der Waals surface area contributed by atoms with E-state index in [2.05, 4.69) is 11.2 Å². The molecule has 2 amide bonds. The molecule has 0 aromatic carbocycles. The van der Waals surface area contributed by atoms with Gasteiger partial charge in [0.25, 0.3) is 0 Å². The van der Waals surface area contributed by atoms with Gasteiger partial charge < -0.3 is 20.1 Å². The molecule has 17 heavy (non-hydrogen) atoms. The van der Waals surface area contributed by atoms with Gasteiger partial charge in [0, 0.05) is 13.7 Å². The van der Waals surface area contributed by atoms with Crippen molar-refractivity contribution in [3.8, 4) is 12.3 Å². The van der Waals surface area contributed by atoms with Gasteiger partial charge in [-0.05, 0) is 13.8 Å². The van der Waals surface area contributed by atoms with Gasteiger partial charge in [-0.2, -0.15) is 0 Å². The lowest BCUT2D eigenvalue weighted by atomic mass is 10.1. The highest BCUT2D eigenvalue weighted by Gasteiger charge is 2.20. The predicted octanol–water partition coefficient (Wildman–Crippen LogP) is 0.141. The van der Waals surface area contributed by atoms with E-state index in [1.54, 1.807) is 13.8 Å². The van der Waals surface area contributed by atoms with Gasteiger partial charge in [0.1, 0.15) is 6.54 Å². The van der Waals surface area contributed by atoms with Crippen molar-refractivity contribution in [3.05, 3.63) is 0 Å². The van der Waals surface area contributed by atoms with Crippen LogP contribution in [-0.4, -0.2) is 54.4 Å². The van der Waals surface area contributed by atoms with Crippen molar-refractivity contribution >= 4 is 12.0 Å². The molecule has 0 aliphatic rings. The van der Waals surface area contributed by atoms with Crippen molar-refractivity contribution in [1.82, 2.24) is 10.2 Å². The number of urea groups is 1. The molecule has 0 heterocycles. The molecule has 0 aliphatic heterocycles. The Morgan fingerprint density at radius 3 is 2.53 bits per heavy atom. The summed E-state index contributed by atoms with van der Waals surface area (Å²) in [4.78, 5) is 23.2. The van der Waals surface area contributed by atoms with Gasteiger partial charge in [-0.1, -0.05) is 5.92 Å². The second-order valence-electron chi connectivity index (χ2n) is 4.08. The van der Waals surface area contributed by atoms with Crippen LogP contribution in [0.4, 0.5) is 4.79 Å². The number of amides is 2. The fraction of sp³-hybridized carbons (Fsp3) is 0.636. The Morgan fingerprint density at radius 1 is 1.53 bits per heavy atom. The van der Waals surface area contributed by atoms with Crippen molar-refractivity contribution in [3.63, 3.8) is 0 Å². The average Bonchev–Trinajstić information content (AvgIpc) is 2.25. The number of nitrogens with zero attached hydrogens (tertiary/aromatic N) is 1. The van der Waals surface area contributed by atoms with Crippen LogP contribution in [0.3, 0.4) is 0 Å². The topological polar surface area (TPSA) is 78.9 Å². The van der Waals surface area contributed by atoms with E-state index in [1.165, 1.54) is 7.11 Å². The van der Waals surface area contributed by atoms with E-state index in [4.69, 9.17) is 16.3 Å². The van der Waals surface area contributed by atoms with E-state index >= 15 is 0 Å². The Hall–Kier alpha value is -1.74. The molecule has 0 unspecified atom stereocenters. The van der Waals surface area contributed by atoms with Crippen molar-refractivity contribution in [2.45, 2.75) is 19.4 Å². The lowest BCUT2D eigenvalue weighted by Gasteiger charge is -2.25. The van der Waals surface area contributed by atoms with Gasteiger partial charge in [-0.15, -0.1) is 6.42 Å². The van der Waals surface area contributed by atoms with Gasteiger partial charge in [-0.25, -0.2) is 4.79 Å². The first-order chi connectivity index (χ1) is 7.82. The number of aliphatic carboxylic acids is 1. The zero-order valence-electron chi connectivity index (χ0n) is 10.3. The largest absolute Gasteiger partial charge is 0.480 e. The lowest BCUT2D eigenvalue weighted by Crippen LogP contribution is -2.47. The Bertz CT molecular complexity index is 320. The van der Waals surface area contributed by atoms with Crippen LogP contribution in [0.15, 0.2) is 0 Å². The second kappa shape index (κ2) is 6.76. The minimum absolute atomic E-state index is 0.0501. The van der Waals surface area contributed by atoms with E-state index in [0.29, 0.717) is 0 Å². The van der Waals surface area contributed by atoms with E-state index in [0.717, 1.165) is 4.90 Å². The number of hydrogen-bond donors (Lipinski definition) is 2. The third-order valence-corrected chi connectivity index (χ3v) is 2.11. The fourth-order valence-electron chi connectivity index (χ4n) is 0.945. The molecule has 0 aromatic heterocycles. The number of carbonyl (C=O) groups is 2. The zero-order chi connectivity index (χ0) is 13.5. The Labute approximate surface area is 101 Å². The molecule has 0 aromatic rings. The highest BCUT2D eigenvalue weighted by Crippen LogP contribution is 2.05. The number of terminal acetylenes is 1. The maximum Gasteiger partial charge on any atom is 0.323 e. The number of carbonyl (C=O) groups excluding carboxylic acids is 1. The molecule has 0 aliphatic carbocycles. The predicted molar refractivity (Wildman–Crippen MR) is 62.5 cm³/mol. The lowest BCUT2D eigenvalue weighted by molar-refractivity contribution is -0.137. The normalized spacial score (nSPS) is 10.5. The Morgan fingerprint density at radius 2 is 2.12 bits per heavy atom. The van der Waals surface area contributed by atoms with Crippen LogP contribution in [0.5, 0.6) is 0 Å². The van der Waals surface area contributed by atoms with Gasteiger partial charge in [0.15, 0.2) is 0 Å². The molecular formula is C11H18N2O4. The Kier molecular flexibility index (Phi) is 6.07. The maximum absolute atomic E-state index is 11.6. The van der Waals surface area contributed by atoms with Crippen molar-refractivity contribution in [2.75, 3.05) is 26.7 Å². The van der Waals surface area contributed by atoms with Gasteiger partial charge >= 0.3 is 12.0 Å². The number of hydrogen-bond acceptors (Lipinski definition) is 3. The summed E-state index contributed by atoms with van der Waals surface area (Å²) >= 11 is 0. The molecule has 0 spiro atoms. The van der Waals surface area contributed by atoms with Gasteiger partial charge in [-0.3, -0.25) is 4.79 Å². The monoisotopic (exact) mass is 242 g/mol. The smallest absolute Gasteiger partial charge is 0.323 e. The van der Waals surface area contributed by atoms with Crippen LogP contribution in [0.25, 0.3) is 0 Å². The molecule has 96 valence electrons. The Balaban J connectivity index is 4.34. The number of rotatable bonds is 6. The van der Waals surface area contributed by atoms with Crippen molar-refractivity contribution in [1.29, 1.82) is 0 Å². The summed E-state index contributed by atoms with van der Waals surface area (Å²) in [6.45, 7) is 3.39. The van der Waals surface area contributed by atoms with Crippen molar-refractivity contribution < 1.29 is 19.4 Å². The van der Waals surface area contributed by atoms with E-state index in [1.807, 2.05) is 0 Å². The molecule has 0 rings (SSSR count). The minimum Gasteiger partial charge on any atom is -0.480 e. The summed E-state index contributed by atoms with van der Waals surface area (Å²) in [5.74, 6) is 1.13. The summed E-state index contributed by atoms with van der Waals surface area (Å²) < 4.78 is 5.12. The molecule has 0 saturated carbocycles. The number of methoxy groups -OCH3 is 1. The zero-order valence-corrected chi connectivity index (χ0v) is 10.3. The SMILES string of the molecule is C#CCN(CC(=O)O)C(=O)NCC(C)(C)OC. The first-order valence-corrected chi connectivity index (χ1v) is 5.05. The summed E-state index contributed by atoms with van der Waals surface area (Å²) in [7, 11) is 1.53. The summed E-state index contributed by atoms with van der Waals surface area (Å²) in [6, 6.07) is -0.518. The molecule has 0 bridgehead atoms. The van der Waals surface area contributed by atoms with Gasteiger partial charge in [0.2, 0.25) is 0 Å². The van der Waals surface area contributed by atoms with Crippen LogP contribution < -0.4 is 5.32 Å². The molecular weight excluding hydrogens is 224 g/mol. The molecule has 0 saturated heterocycles. The van der Waals surface area contributed by atoms with E-state index in [9.17, 15) is 9.59 Å². The first-order valence-electron chi connectivity index (χ1n) is 5.05. The van der Waals surface area contributed by atoms with Crippen LogP contribution in [0.1, 0.15) is 13.8 Å². The summed E-state index contributed by atoms with van der Waals surface area (Å²) in [6.07, 6.45) is 5.06. The van der Waals surface area contributed by atoms with Crippen LogP contribution in [-0.2, 0) is 9.53 Å². The highest BCUT2D eigenvalue weighted by molar-refractivity contribution is 5.80. The van der Waals surface area contributed by atoms with E-state index in [-0.39, 0.29) is 13.1 Å². The van der Waals surface area contributed by atoms with Gasteiger partial charge in [0.05, 0.1) is 12.1 Å². The third kappa shape index (κ3) is 6.43. The quantitative estimate of drug-likeness (QED) is 0.649. The van der Waals surface area contributed by atoms with Crippen LogP contribution in [0.2, 0.25) is 0 Å². The highest BCUT2D eigenvalue weighted by atomic mass is 16.5. The van der Waals surface area contributed by atoms with Crippen molar-refractivity contribution in [2.24, 2.45) is 0 Å². The molecule has 0 radical (unpaired) electrons. The molecule has 0 atom stereocenters. The number of nitrogens with one attached hydrogen (secondary N) is 1. The number of carboxylic acid groups (broad SMARTS) is 1. The van der Waals surface area contributed by atoms with Crippen LogP contribution in [0, 0.1) is 12.3 Å². The third-order valence-electron chi connectivity index (χ3n) is 2.11. The van der Waals surface area contributed by atoms with E-state index < -0.39 is 24.1 Å². The standard InChI is InChI=1S/C11H18N2O4/c1-5-6-13(7-9(14)15)10(16)12-8-11(2,3)17-4/h1H,6-8H2,2-4H3,(H,12,16)(H,14,15). The molecule has 6 heteroatoms. The molecule has 0 fully saturated rings. The molecule has 6 nitrogen and oxygen atoms in total. The van der Waals surface area contributed by atoms with Crippen LogP contribution >= 0.6 is 0 Å². The average molecular weight is 242 g/mol. The molecule has 2 N–H and O–H groups in total. The maximum atomic E-state index is 11.6. The number of carboxylic acids is 1. The summed E-state index contributed by atoms with van der Waals surface area (Å²) in [5, 5.41) is 11.2. The fourth-order valence-corrected chi connectivity index (χ4v) is 0.945.